The summed E-state index contributed by atoms with van der Waals surface area (Å²) in [5, 5.41) is 14.1. The van der Waals surface area contributed by atoms with E-state index in [-0.39, 0.29) is 11.0 Å². The molecule has 1 aliphatic carbocycles. The number of hydrogen-bond acceptors (Lipinski definition) is 3. The lowest BCUT2D eigenvalue weighted by atomic mass is 9.69. The number of nitrogens with zero attached hydrogens (tertiary/aromatic N) is 3. The molecule has 1 aliphatic rings. The van der Waals surface area contributed by atoms with Gasteiger partial charge in [0.1, 0.15) is 0 Å². The lowest BCUT2D eigenvalue weighted by molar-refractivity contribution is -0.112. The maximum Gasteiger partial charge on any atom is 0.407 e. The summed E-state index contributed by atoms with van der Waals surface area (Å²) in [6, 6.07) is 1.14. The molecule has 1 atom stereocenters. The van der Waals surface area contributed by atoms with Crippen molar-refractivity contribution in [1.82, 2.24) is 14.7 Å². The van der Waals surface area contributed by atoms with E-state index < -0.39 is 14.2 Å². The first-order chi connectivity index (χ1) is 13.8. The van der Waals surface area contributed by atoms with Gasteiger partial charge in [0.05, 0.1) is 29.4 Å². The third kappa shape index (κ3) is 7.68. The molecule has 30 heavy (non-hydrogen) atoms. The summed E-state index contributed by atoms with van der Waals surface area (Å²) in [5.74, 6) is 0. The van der Waals surface area contributed by atoms with Crippen molar-refractivity contribution < 1.29 is 14.6 Å². The highest BCUT2D eigenvalue weighted by Gasteiger charge is 2.42. The van der Waals surface area contributed by atoms with E-state index in [0.717, 1.165) is 41.9 Å². The fourth-order valence-electron chi connectivity index (χ4n) is 4.57. The largest absolute Gasteiger partial charge is 0.465 e. The molecule has 6 nitrogen and oxygen atoms in total. The second-order valence-corrected chi connectivity index (χ2v) is 17.4. The molecule has 172 valence electrons. The highest BCUT2D eigenvalue weighted by Crippen LogP contribution is 2.44. The second kappa shape index (κ2) is 10.2. The van der Waals surface area contributed by atoms with Gasteiger partial charge in [-0.15, -0.1) is 0 Å². The van der Waals surface area contributed by atoms with Gasteiger partial charge in [-0.3, -0.25) is 4.68 Å². The Morgan fingerprint density at radius 2 is 2.03 bits per heavy atom. The Balaban J connectivity index is 2.03. The van der Waals surface area contributed by atoms with E-state index in [9.17, 15) is 9.90 Å². The highest BCUT2D eigenvalue weighted by molar-refractivity contribution is 9.10. The lowest BCUT2D eigenvalue weighted by Crippen LogP contribution is -2.47. The van der Waals surface area contributed by atoms with Gasteiger partial charge in [-0.1, -0.05) is 39.5 Å². The van der Waals surface area contributed by atoms with Crippen molar-refractivity contribution in [3.8, 4) is 0 Å². The van der Waals surface area contributed by atoms with Crippen molar-refractivity contribution in [2.24, 2.45) is 5.41 Å². The molecular weight excluding hydrogens is 462 g/mol. The van der Waals surface area contributed by atoms with Gasteiger partial charge >= 0.3 is 6.09 Å². The molecule has 0 spiro atoms. The van der Waals surface area contributed by atoms with E-state index in [0.29, 0.717) is 26.2 Å². The molecule has 1 unspecified atom stereocenters. The van der Waals surface area contributed by atoms with Crippen LogP contribution in [0.15, 0.2) is 10.7 Å². The van der Waals surface area contributed by atoms with Crippen LogP contribution < -0.4 is 0 Å². The zero-order valence-corrected chi connectivity index (χ0v) is 22.2. The number of hydrogen-bond donors (Lipinski definition) is 1. The second-order valence-electron chi connectivity index (χ2n) is 10.9. The SMILES string of the molecule is Cc1c(Br)cnn1CC1(OCCN(CCC[Si](C)(C)C)C(=O)O)CCCC(C)(C)C1. The quantitative estimate of drug-likeness (QED) is 0.398. The van der Waals surface area contributed by atoms with Crippen LogP contribution in [0.3, 0.4) is 0 Å². The summed E-state index contributed by atoms with van der Waals surface area (Å²) in [4.78, 5) is 13.2. The summed E-state index contributed by atoms with van der Waals surface area (Å²) in [6.45, 7) is 15.8. The van der Waals surface area contributed by atoms with Crippen molar-refractivity contribution in [1.29, 1.82) is 0 Å². The number of ether oxygens (including phenoxy) is 1. The van der Waals surface area contributed by atoms with Gasteiger partial charge in [0.25, 0.3) is 0 Å². The van der Waals surface area contributed by atoms with E-state index in [2.05, 4.69) is 61.4 Å². The first kappa shape index (κ1) is 25.4. The fraction of sp³-hybridized carbons (Fsp3) is 0.818. The third-order valence-electron chi connectivity index (χ3n) is 6.16. The number of rotatable bonds is 10. The Hall–Kier alpha value is -0.863. The molecule has 1 N–H and O–H groups in total. The van der Waals surface area contributed by atoms with Gasteiger partial charge in [0.15, 0.2) is 0 Å². The first-order valence-corrected chi connectivity index (χ1v) is 15.6. The van der Waals surface area contributed by atoms with Gasteiger partial charge < -0.3 is 14.7 Å². The summed E-state index contributed by atoms with van der Waals surface area (Å²) in [6.07, 6.45) is 6.17. The lowest BCUT2D eigenvalue weighted by Gasteiger charge is -2.45. The van der Waals surface area contributed by atoms with Crippen LogP contribution in [0.25, 0.3) is 0 Å². The molecule has 1 aromatic rings. The molecule has 0 aromatic carbocycles. The van der Waals surface area contributed by atoms with Crippen LogP contribution in [0.1, 0.15) is 51.6 Å². The molecule has 0 aliphatic heterocycles. The smallest absolute Gasteiger partial charge is 0.407 e. The molecular formula is C22H40BrN3O3Si. The minimum absolute atomic E-state index is 0.209. The zero-order chi connectivity index (χ0) is 22.6. The first-order valence-electron chi connectivity index (χ1n) is 11.1. The van der Waals surface area contributed by atoms with Gasteiger partial charge in [0, 0.05) is 26.9 Å². The summed E-state index contributed by atoms with van der Waals surface area (Å²) in [5.41, 5.74) is 1.00. The predicted molar refractivity (Wildman–Crippen MR) is 128 cm³/mol. The number of carbonyl (C=O) groups is 1. The van der Waals surface area contributed by atoms with Crippen molar-refractivity contribution in [2.45, 2.75) is 90.7 Å². The normalized spacial score (nSPS) is 21.6. The molecule has 1 heterocycles. The maximum atomic E-state index is 11.7. The van der Waals surface area contributed by atoms with Crippen LogP contribution in [-0.2, 0) is 11.3 Å². The van der Waals surface area contributed by atoms with Crippen LogP contribution in [0.5, 0.6) is 0 Å². The van der Waals surface area contributed by atoms with E-state index in [1.807, 2.05) is 10.9 Å². The summed E-state index contributed by atoms with van der Waals surface area (Å²) >= 11 is 3.55. The Morgan fingerprint density at radius 3 is 2.57 bits per heavy atom. The minimum Gasteiger partial charge on any atom is -0.465 e. The molecule has 1 saturated carbocycles. The average molecular weight is 503 g/mol. The Labute approximate surface area is 191 Å². The van der Waals surface area contributed by atoms with E-state index >= 15 is 0 Å². The molecule has 2 rings (SSSR count). The predicted octanol–water partition coefficient (Wildman–Crippen LogP) is 6.02. The molecule has 1 aromatic heterocycles. The molecule has 1 amide bonds. The minimum atomic E-state index is -1.16. The van der Waals surface area contributed by atoms with Gasteiger partial charge in [-0.25, -0.2) is 4.79 Å². The fourth-order valence-corrected chi connectivity index (χ4v) is 6.09. The monoisotopic (exact) mass is 501 g/mol. The van der Waals surface area contributed by atoms with Gasteiger partial charge in [0.2, 0.25) is 0 Å². The maximum absolute atomic E-state index is 11.7. The van der Waals surface area contributed by atoms with Crippen molar-refractivity contribution in [3.63, 3.8) is 0 Å². The summed E-state index contributed by atoms with van der Waals surface area (Å²) < 4.78 is 9.56. The van der Waals surface area contributed by atoms with E-state index in [1.54, 1.807) is 0 Å². The van der Waals surface area contributed by atoms with Crippen LogP contribution >= 0.6 is 15.9 Å². The highest BCUT2D eigenvalue weighted by atomic mass is 79.9. The Bertz CT molecular complexity index is 717. The number of amides is 1. The Kier molecular flexibility index (Phi) is 8.61. The number of aromatic nitrogens is 2. The van der Waals surface area contributed by atoms with Gasteiger partial charge in [-0.2, -0.15) is 5.10 Å². The van der Waals surface area contributed by atoms with Crippen molar-refractivity contribution in [3.05, 3.63) is 16.4 Å². The molecule has 0 radical (unpaired) electrons. The van der Waals surface area contributed by atoms with Gasteiger partial charge in [-0.05, 0) is 60.4 Å². The number of carboxylic acid groups (broad SMARTS) is 1. The average Bonchev–Trinajstić information content (AvgIpc) is 2.90. The standard InChI is InChI=1S/C22H40BrN3O3Si/c1-18-19(23)15-24-26(18)17-22(10-7-9-21(2,3)16-22)29-13-12-25(20(27)28)11-8-14-30(4,5)6/h15H,7-14,16-17H2,1-6H3,(H,27,28). The van der Waals surface area contributed by atoms with Crippen molar-refractivity contribution >= 4 is 30.1 Å². The number of halogens is 1. The van der Waals surface area contributed by atoms with E-state index in [1.165, 1.54) is 11.3 Å². The van der Waals surface area contributed by atoms with Crippen LogP contribution in [0.2, 0.25) is 25.7 Å². The van der Waals surface area contributed by atoms with Crippen LogP contribution in [0.4, 0.5) is 4.79 Å². The van der Waals surface area contributed by atoms with Crippen LogP contribution in [-0.4, -0.2) is 59.3 Å². The topological polar surface area (TPSA) is 67.6 Å². The Morgan fingerprint density at radius 1 is 1.33 bits per heavy atom. The zero-order valence-electron chi connectivity index (χ0n) is 19.6. The summed E-state index contributed by atoms with van der Waals surface area (Å²) in [7, 11) is -1.16. The molecule has 8 heteroatoms. The molecule has 0 saturated heterocycles. The van der Waals surface area contributed by atoms with Crippen molar-refractivity contribution in [2.75, 3.05) is 19.7 Å². The van der Waals surface area contributed by atoms with Crippen LogP contribution in [0, 0.1) is 12.3 Å². The molecule has 1 fully saturated rings. The van der Waals surface area contributed by atoms with E-state index in [4.69, 9.17) is 4.74 Å². The molecule has 0 bridgehead atoms. The third-order valence-corrected chi connectivity index (χ3v) is 8.79.